The first-order valence-electron chi connectivity index (χ1n) is 7.42. The molecule has 2 saturated heterocycles. The lowest BCUT2D eigenvalue weighted by Gasteiger charge is -2.42. The van der Waals surface area contributed by atoms with E-state index in [1.54, 1.807) is 0 Å². The summed E-state index contributed by atoms with van der Waals surface area (Å²) in [5, 5.41) is 49.4. The predicted octanol–water partition coefficient (Wildman–Crippen LogP) is -3.72. The second kappa shape index (κ2) is 8.56. The largest absolute Gasteiger partial charge is 0.616 e. The van der Waals surface area contributed by atoms with E-state index in [-0.39, 0.29) is 5.75 Å². The number of hydrogen-bond acceptors (Lipinski definition) is 10. The first kappa shape index (κ1) is 20.3. The van der Waals surface area contributed by atoms with Crippen LogP contribution < -0.4 is 0 Å². The number of aliphatic hydroxyl groups excluding tert-OH is 5. The summed E-state index contributed by atoms with van der Waals surface area (Å²) in [6.07, 6.45) is -9.90. The van der Waals surface area contributed by atoms with Crippen molar-refractivity contribution in [3.63, 3.8) is 0 Å². The zero-order valence-corrected chi connectivity index (χ0v) is 14.1. The first-order chi connectivity index (χ1) is 11.3. The maximum atomic E-state index is 11.3. The molecule has 5 N–H and O–H groups in total. The molecule has 2 heterocycles. The molecule has 0 bridgehead atoms. The van der Waals surface area contributed by atoms with Gasteiger partial charge in [0.25, 0.3) is 0 Å². The van der Waals surface area contributed by atoms with Gasteiger partial charge in [-0.15, -0.1) is 0 Å². The fourth-order valence-electron chi connectivity index (χ4n) is 2.77. The maximum absolute atomic E-state index is 11.3. The smallest absolute Gasteiger partial charge is 0.187 e. The Balaban J connectivity index is 2.05. The molecule has 0 aromatic rings. The van der Waals surface area contributed by atoms with Crippen LogP contribution >= 0.6 is 0 Å². The highest BCUT2D eigenvalue weighted by atomic mass is 32.2. The first-order valence-corrected chi connectivity index (χ1v) is 9.15. The topological polar surface area (TPSA) is 161 Å². The van der Waals surface area contributed by atoms with Crippen molar-refractivity contribution in [2.45, 2.75) is 55.3 Å². The number of aliphatic hydroxyl groups is 5. The van der Waals surface area contributed by atoms with E-state index in [9.17, 15) is 30.1 Å². The lowest BCUT2D eigenvalue weighted by Crippen LogP contribution is -2.61. The summed E-state index contributed by atoms with van der Waals surface area (Å²) in [4.78, 5) is 0. The average Bonchev–Trinajstić information content (AvgIpc) is 2.79. The van der Waals surface area contributed by atoms with Gasteiger partial charge in [0.15, 0.2) is 12.6 Å². The molecule has 0 radical (unpaired) electrons. The van der Waals surface area contributed by atoms with Crippen LogP contribution in [0.1, 0.15) is 0 Å². The standard InChI is InChI=1S/C13H24O10S/c1-20-12-10(18)8(16)11(5(3-14)21-12)23-13-9(17)7(15)6(22-13)4-24(2)19/h5-18H,3-4H2,1-2H3/t5?,6-,7-,8-,9?,10?,11-,12+,13-,24?/m1/s1. The van der Waals surface area contributed by atoms with E-state index in [1.165, 1.54) is 13.4 Å². The third-order valence-electron chi connectivity index (χ3n) is 4.06. The number of ether oxygens (including phenoxy) is 4. The molecule has 0 spiro atoms. The summed E-state index contributed by atoms with van der Waals surface area (Å²) in [5.41, 5.74) is 0. The van der Waals surface area contributed by atoms with Gasteiger partial charge < -0.3 is 49.0 Å². The van der Waals surface area contributed by atoms with E-state index in [2.05, 4.69) is 0 Å². The molecule has 11 heteroatoms. The minimum atomic E-state index is -1.48. The average molecular weight is 372 g/mol. The van der Waals surface area contributed by atoms with Crippen LogP contribution in [0.3, 0.4) is 0 Å². The van der Waals surface area contributed by atoms with Gasteiger partial charge in [-0.05, 0) is 0 Å². The van der Waals surface area contributed by atoms with Gasteiger partial charge in [0.2, 0.25) is 0 Å². The van der Waals surface area contributed by atoms with Gasteiger partial charge >= 0.3 is 0 Å². The molecular formula is C13H24O10S. The van der Waals surface area contributed by atoms with E-state index < -0.39 is 73.1 Å². The number of rotatable bonds is 6. The molecule has 0 amide bonds. The van der Waals surface area contributed by atoms with Crippen LogP contribution in [0.25, 0.3) is 0 Å². The van der Waals surface area contributed by atoms with Gasteiger partial charge in [-0.3, -0.25) is 0 Å². The second-order valence-electron chi connectivity index (χ2n) is 5.81. The minimum absolute atomic E-state index is 0.000388. The molecule has 0 aromatic heterocycles. The molecule has 142 valence electrons. The third-order valence-corrected chi connectivity index (χ3v) is 4.86. The van der Waals surface area contributed by atoms with Crippen molar-refractivity contribution in [2.75, 3.05) is 25.7 Å². The van der Waals surface area contributed by atoms with Crippen LogP contribution in [0.15, 0.2) is 0 Å². The Morgan fingerprint density at radius 1 is 0.958 bits per heavy atom. The normalized spacial score (nSPS) is 47.8. The quantitative estimate of drug-likeness (QED) is 0.293. The van der Waals surface area contributed by atoms with Crippen LogP contribution in [0.2, 0.25) is 0 Å². The van der Waals surface area contributed by atoms with E-state index in [4.69, 9.17) is 18.9 Å². The van der Waals surface area contributed by atoms with E-state index in [0.29, 0.717) is 0 Å². The molecule has 10 atom stereocenters. The zero-order valence-electron chi connectivity index (χ0n) is 13.3. The molecular weight excluding hydrogens is 348 g/mol. The summed E-state index contributed by atoms with van der Waals surface area (Å²) in [6, 6.07) is 0. The highest BCUT2D eigenvalue weighted by Crippen LogP contribution is 2.30. The van der Waals surface area contributed by atoms with Crippen molar-refractivity contribution >= 4 is 11.2 Å². The van der Waals surface area contributed by atoms with Gasteiger partial charge in [-0.1, -0.05) is 11.2 Å². The van der Waals surface area contributed by atoms with Crippen molar-refractivity contribution in [3.8, 4) is 0 Å². The lowest BCUT2D eigenvalue weighted by atomic mass is 9.99. The van der Waals surface area contributed by atoms with Gasteiger partial charge in [0, 0.05) is 7.11 Å². The van der Waals surface area contributed by atoms with E-state index >= 15 is 0 Å². The lowest BCUT2D eigenvalue weighted by molar-refractivity contribution is -0.325. The molecule has 0 aliphatic carbocycles. The zero-order chi connectivity index (χ0) is 18.0. The van der Waals surface area contributed by atoms with Crippen molar-refractivity contribution in [2.24, 2.45) is 0 Å². The Kier molecular flexibility index (Phi) is 7.22. The highest BCUT2D eigenvalue weighted by molar-refractivity contribution is 7.90. The molecule has 2 rings (SSSR count). The summed E-state index contributed by atoms with van der Waals surface area (Å²) in [7, 11) is 1.27. The minimum Gasteiger partial charge on any atom is -0.616 e. The molecule has 2 fully saturated rings. The highest BCUT2D eigenvalue weighted by Gasteiger charge is 2.51. The molecule has 0 aromatic carbocycles. The van der Waals surface area contributed by atoms with Crippen LogP contribution in [-0.2, 0) is 30.1 Å². The van der Waals surface area contributed by atoms with Crippen LogP contribution in [0.4, 0.5) is 0 Å². The number of methoxy groups -OCH3 is 1. The molecule has 24 heavy (non-hydrogen) atoms. The maximum Gasteiger partial charge on any atom is 0.187 e. The number of hydrogen-bond donors (Lipinski definition) is 5. The Morgan fingerprint density at radius 3 is 2.08 bits per heavy atom. The van der Waals surface area contributed by atoms with Crippen LogP contribution in [0.5, 0.6) is 0 Å². The molecule has 2 aliphatic rings. The van der Waals surface area contributed by atoms with E-state index in [1.807, 2.05) is 0 Å². The Labute approximate surface area is 142 Å². The van der Waals surface area contributed by atoms with Gasteiger partial charge in [-0.25, -0.2) is 0 Å². The van der Waals surface area contributed by atoms with Crippen LogP contribution in [-0.4, -0.2) is 111 Å². The molecule has 0 saturated carbocycles. The van der Waals surface area contributed by atoms with E-state index in [0.717, 1.165) is 0 Å². The predicted molar refractivity (Wildman–Crippen MR) is 79.3 cm³/mol. The summed E-state index contributed by atoms with van der Waals surface area (Å²) < 4.78 is 32.2. The Hall–Kier alpha value is -0.0500. The van der Waals surface area contributed by atoms with Crippen molar-refractivity contribution < 1.29 is 49.0 Å². The molecule has 2 aliphatic heterocycles. The molecule has 4 unspecified atom stereocenters. The van der Waals surface area contributed by atoms with Gasteiger partial charge in [-0.2, -0.15) is 0 Å². The van der Waals surface area contributed by atoms with Gasteiger partial charge in [0.1, 0.15) is 48.5 Å². The third kappa shape index (κ3) is 4.19. The fourth-order valence-corrected chi connectivity index (χ4v) is 3.50. The summed E-state index contributed by atoms with van der Waals surface area (Å²) >= 11 is -1.26. The van der Waals surface area contributed by atoms with Crippen molar-refractivity contribution in [1.29, 1.82) is 0 Å². The molecule has 10 nitrogen and oxygen atoms in total. The fraction of sp³-hybridized carbons (Fsp3) is 1.00. The van der Waals surface area contributed by atoms with Crippen molar-refractivity contribution in [1.82, 2.24) is 0 Å². The van der Waals surface area contributed by atoms with Gasteiger partial charge in [0.05, 0.1) is 12.9 Å². The Bertz CT molecular complexity index is 397. The monoisotopic (exact) mass is 372 g/mol. The summed E-state index contributed by atoms with van der Waals surface area (Å²) in [6.45, 7) is -0.540. The van der Waals surface area contributed by atoms with Crippen molar-refractivity contribution in [3.05, 3.63) is 0 Å². The Morgan fingerprint density at radius 2 is 1.54 bits per heavy atom. The SMILES string of the molecule is CO[C@H]1OC(CO)[C@@H](O[C@H]2O[C@H](C[S+](C)[O-])[C@@H](O)C2O)[C@H](O)C1O. The second-order valence-corrected chi connectivity index (χ2v) is 7.29. The van der Waals surface area contributed by atoms with Crippen LogP contribution in [0, 0.1) is 0 Å². The summed E-state index contributed by atoms with van der Waals surface area (Å²) in [5.74, 6) is -0.000388.